The zero-order valence-corrected chi connectivity index (χ0v) is 10.1. The molecule has 1 rings (SSSR count). The Balaban J connectivity index is 2.62. The number of benzene rings is 1. The Morgan fingerprint density at radius 2 is 2.18 bits per heavy atom. The van der Waals surface area contributed by atoms with Crippen LogP contribution < -0.4 is 5.32 Å². The molecule has 5 heteroatoms. The van der Waals surface area contributed by atoms with E-state index in [0.717, 1.165) is 25.0 Å². The van der Waals surface area contributed by atoms with Gasteiger partial charge in [0.2, 0.25) is 0 Å². The summed E-state index contributed by atoms with van der Waals surface area (Å²) in [7, 11) is 0. The molecule has 94 valence electrons. The lowest BCUT2D eigenvalue weighted by Crippen LogP contribution is -2.05. The van der Waals surface area contributed by atoms with Gasteiger partial charge in [0.05, 0.1) is 4.92 Å². The van der Waals surface area contributed by atoms with Gasteiger partial charge in [0.1, 0.15) is 11.5 Å². The van der Waals surface area contributed by atoms with Crippen LogP contribution in [0.1, 0.15) is 26.7 Å². The molecular weight excluding hydrogens is 223 g/mol. The average molecular weight is 240 g/mol. The predicted octanol–water partition coefficient (Wildman–Crippen LogP) is 3.58. The molecule has 0 amide bonds. The molecule has 0 saturated carbocycles. The van der Waals surface area contributed by atoms with Crippen LogP contribution in [-0.2, 0) is 0 Å². The summed E-state index contributed by atoms with van der Waals surface area (Å²) in [6, 6.07) is 3.44. The Kier molecular flexibility index (Phi) is 4.87. The lowest BCUT2D eigenvalue weighted by atomic mass is 10.1. The van der Waals surface area contributed by atoms with Gasteiger partial charge < -0.3 is 5.32 Å². The van der Waals surface area contributed by atoms with Crippen LogP contribution in [-0.4, -0.2) is 11.5 Å². The minimum Gasteiger partial charge on any atom is -0.379 e. The lowest BCUT2D eigenvalue weighted by Gasteiger charge is -2.08. The molecule has 0 atom stereocenters. The molecule has 4 nitrogen and oxygen atoms in total. The van der Waals surface area contributed by atoms with Gasteiger partial charge in [-0.2, -0.15) is 0 Å². The van der Waals surface area contributed by atoms with Crippen LogP contribution in [0.3, 0.4) is 0 Å². The van der Waals surface area contributed by atoms with Crippen LogP contribution in [0.5, 0.6) is 0 Å². The first-order chi connectivity index (χ1) is 8.00. The Morgan fingerprint density at radius 3 is 2.76 bits per heavy atom. The molecule has 0 aliphatic heterocycles. The molecular formula is C12H17FN2O2. The predicted molar refractivity (Wildman–Crippen MR) is 65.6 cm³/mol. The topological polar surface area (TPSA) is 55.2 Å². The monoisotopic (exact) mass is 240 g/mol. The van der Waals surface area contributed by atoms with Crippen molar-refractivity contribution in [2.24, 2.45) is 5.92 Å². The standard InChI is InChI=1S/C12H17FN2O2/c1-9(2)4-3-7-14-11-8-10(13)5-6-12(11)15(16)17/h5-6,8-9,14H,3-4,7H2,1-2H3. The van der Waals surface area contributed by atoms with Crippen molar-refractivity contribution in [3.05, 3.63) is 34.1 Å². The van der Waals surface area contributed by atoms with Crippen molar-refractivity contribution in [2.45, 2.75) is 26.7 Å². The zero-order valence-electron chi connectivity index (χ0n) is 10.1. The van der Waals surface area contributed by atoms with E-state index < -0.39 is 10.7 Å². The van der Waals surface area contributed by atoms with Gasteiger partial charge in [0.15, 0.2) is 0 Å². The summed E-state index contributed by atoms with van der Waals surface area (Å²) in [6.45, 7) is 4.84. The molecule has 0 radical (unpaired) electrons. The van der Waals surface area contributed by atoms with E-state index in [-0.39, 0.29) is 11.4 Å². The third-order valence-corrected chi connectivity index (χ3v) is 2.43. The molecule has 1 aromatic rings. The van der Waals surface area contributed by atoms with E-state index >= 15 is 0 Å². The molecule has 0 unspecified atom stereocenters. The highest BCUT2D eigenvalue weighted by atomic mass is 19.1. The fourth-order valence-electron chi connectivity index (χ4n) is 1.54. The first kappa shape index (κ1) is 13.4. The van der Waals surface area contributed by atoms with Gasteiger partial charge in [-0.15, -0.1) is 0 Å². The number of anilines is 1. The number of nitrogens with zero attached hydrogens (tertiary/aromatic N) is 1. The van der Waals surface area contributed by atoms with Crippen LogP contribution in [0.4, 0.5) is 15.8 Å². The quantitative estimate of drug-likeness (QED) is 0.469. The Morgan fingerprint density at radius 1 is 1.47 bits per heavy atom. The highest BCUT2D eigenvalue weighted by Gasteiger charge is 2.13. The van der Waals surface area contributed by atoms with Crippen molar-refractivity contribution in [1.29, 1.82) is 0 Å². The van der Waals surface area contributed by atoms with Gasteiger partial charge in [0, 0.05) is 18.7 Å². The fraction of sp³-hybridized carbons (Fsp3) is 0.500. The van der Waals surface area contributed by atoms with E-state index in [1.54, 1.807) is 0 Å². The number of nitro benzene ring substituents is 1. The minimum atomic E-state index is -0.510. The van der Waals surface area contributed by atoms with Gasteiger partial charge in [-0.1, -0.05) is 13.8 Å². The molecule has 0 saturated heterocycles. The number of nitrogens with one attached hydrogen (secondary N) is 1. The molecule has 0 spiro atoms. The number of nitro groups is 1. The second-order valence-electron chi connectivity index (χ2n) is 4.38. The molecule has 1 N–H and O–H groups in total. The number of hydrogen-bond donors (Lipinski definition) is 1. The molecule has 0 bridgehead atoms. The van der Waals surface area contributed by atoms with Gasteiger partial charge in [0.25, 0.3) is 5.69 Å². The third kappa shape index (κ3) is 4.38. The van der Waals surface area contributed by atoms with E-state index in [0.29, 0.717) is 12.5 Å². The SMILES string of the molecule is CC(C)CCCNc1cc(F)ccc1[N+](=O)[O-]. The second-order valence-corrected chi connectivity index (χ2v) is 4.38. The third-order valence-electron chi connectivity index (χ3n) is 2.43. The van der Waals surface area contributed by atoms with Gasteiger partial charge in [-0.05, 0) is 24.8 Å². The van der Waals surface area contributed by atoms with Crippen molar-refractivity contribution in [2.75, 3.05) is 11.9 Å². The number of rotatable bonds is 6. The summed E-state index contributed by atoms with van der Waals surface area (Å²) >= 11 is 0. The summed E-state index contributed by atoms with van der Waals surface area (Å²) in [4.78, 5) is 10.2. The molecule has 0 aliphatic rings. The van der Waals surface area contributed by atoms with E-state index in [1.807, 2.05) is 0 Å². The summed E-state index contributed by atoms with van der Waals surface area (Å²) < 4.78 is 13.0. The Hall–Kier alpha value is -1.65. The van der Waals surface area contributed by atoms with Crippen LogP contribution >= 0.6 is 0 Å². The second kappa shape index (κ2) is 6.18. The smallest absolute Gasteiger partial charge is 0.292 e. The number of halogens is 1. The maximum absolute atomic E-state index is 13.0. The van der Waals surface area contributed by atoms with Crippen LogP contribution in [0.2, 0.25) is 0 Å². The summed E-state index contributed by atoms with van der Waals surface area (Å²) in [5.41, 5.74) is 0.162. The first-order valence-corrected chi connectivity index (χ1v) is 5.68. The highest BCUT2D eigenvalue weighted by Crippen LogP contribution is 2.24. The zero-order chi connectivity index (χ0) is 12.8. The summed E-state index contributed by atoms with van der Waals surface area (Å²) in [6.07, 6.45) is 1.95. The lowest BCUT2D eigenvalue weighted by molar-refractivity contribution is -0.384. The Bertz CT molecular complexity index is 394. The maximum Gasteiger partial charge on any atom is 0.292 e. The molecule has 17 heavy (non-hydrogen) atoms. The molecule has 0 heterocycles. The van der Waals surface area contributed by atoms with Crippen LogP contribution in [0.15, 0.2) is 18.2 Å². The van der Waals surface area contributed by atoms with E-state index in [1.165, 1.54) is 6.07 Å². The van der Waals surface area contributed by atoms with Crippen molar-refractivity contribution in [3.8, 4) is 0 Å². The van der Waals surface area contributed by atoms with E-state index in [9.17, 15) is 14.5 Å². The normalized spacial score (nSPS) is 10.6. The van der Waals surface area contributed by atoms with Crippen molar-refractivity contribution < 1.29 is 9.31 Å². The maximum atomic E-state index is 13.0. The molecule has 0 aromatic heterocycles. The van der Waals surface area contributed by atoms with Crippen molar-refractivity contribution >= 4 is 11.4 Å². The van der Waals surface area contributed by atoms with Gasteiger partial charge >= 0.3 is 0 Å². The van der Waals surface area contributed by atoms with Crippen LogP contribution in [0.25, 0.3) is 0 Å². The highest BCUT2D eigenvalue weighted by molar-refractivity contribution is 5.61. The fourth-order valence-corrected chi connectivity index (χ4v) is 1.54. The average Bonchev–Trinajstić information content (AvgIpc) is 2.23. The summed E-state index contributed by atoms with van der Waals surface area (Å²) in [5, 5.41) is 13.6. The van der Waals surface area contributed by atoms with E-state index in [4.69, 9.17) is 0 Å². The largest absolute Gasteiger partial charge is 0.379 e. The number of hydrogen-bond acceptors (Lipinski definition) is 3. The van der Waals surface area contributed by atoms with Crippen molar-refractivity contribution in [3.63, 3.8) is 0 Å². The first-order valence-electron chi connectivity index (χ1n) is 5.68. The van der Waals surface area contributed by atoms with Gasteiger partial charge in [-0.3, -0.25) is 10.1 Å². The minimum absolute atomic E-state index is 0.0871. The van der Waals surface area contributed by atoms with Crippen molar-refractivity contribution in [1.82, 2.24) is 0 Å². The van der Waals surface area contributed by atoms with Crippen LogP contribution in [0, 0.1) is 21.8 Å². The van der Waals surface area contributed by atoms with E-state index in [2.05, 4.69) is 19.2 Å². The molecule has 0 aliphatic carbocycles. The Labute approximate surface area is 100.0 Å². The molecule has 0 fully saturated rings. The summed E-state index contributed by atoms with van der Waals surface area (Å²) in [5.74, 6) is 0.126. The molecule has 1 aromatic carbocycles. The van der Waals surface area contributed by atoms with Gasteiger partial charge in [-0.25, -0.2) is 4.39 Å².